The van der Waals surface area contributed by atoms with Gasteiger partial charge in [-0.1, -0.05) is 11.6 Å². The number of halogens is 1. The summed E-state index contributed by atoms with van der Waals surface area (Å²) in [6.45, 7) is 3.05. The molecule has 0 spiro atoms. The van der Waals surface area contributed by atoms with Crippen molar-refractivity contribution in [2.45, 2.75) is 32.7 Å². The second kappa shape index (κ2) is 5.25. The van der Waals surface area contributed by atoms with Crippen molar-refractivity contribution in [3.8, 4) is 0 Å². The van der Waals surface area contributed by atoms with Gasteiger partial charge in [0.1, 0.15) is 0 Å². The highest BCUT2D eigenvalue weighted by Gasteiger charge is 2.00. The smallest absolute Gasteiger partial charge is 0.0814 e. The zero-order chi connectivity index (χ0) is 9.68. The predicted molar refractivity (Wildman–Crippen MR) is 52.9 cm³/mol. The zero-order valence-electron chi connectivity index (χ0n) is 7.83. The summed E-state index contributed by atoms with van der Waals surface area (Å²) >= 11 is 5.85. The summed E-state index contributed by atoms with van der Waals surface area (Å²) in [5.74, 6) is 0. The summed E-state index contributed by atoms with van der Waals surface area (Å²) in [4.78, 5) is 0. The Morgan fingerprint density at radius 2 is 2.23 bits per heavy atom. The van der Waals surface area contributed by atoms with Gasteiger partial charge in [-0.3, -0.25) is 4.68 Å². The maximum atomic E-state index is 8.57. The molecule has 0 unspecified atom stereocenters. The number of unbranched alkanes of at least 4 members (excludes halogenated alkanes) is 2. The fourth-order valence-electron chi connectivity index (χ4n) is 1.17. The number of aryl methyl sites for hydroxylation is 2. The van der Waals surface area contributed by atoms with Gasteiger partial charge in [-0.05, 0) is 26.2 Å². The van der Waals surface area contributed by atoms with Crippen LogP contribution in [0.3, 0.4) is 0 Å². The first-order valence-electron chi connectivity index (χ1n) is 4.54. The Morgan fingerprint density at radius 3 is 2.77 bits per heavy atom. The molecule has 0 amide bonds. The molecule has 0 radical (unpaired) electrons. The quantitative estimate of drug-likeness (QED) is 0.742. The van der Waals surface area contributed by atoms with Crippen LogP contribution in [0.5, 0.6) is 0 Å². The maximum Gasteiger partial charge on any atom is 0.0814 e. The van der Waals surface area contributed by atoms with Gasteiger partial charge in [-0.25, -0.2) is 0 Å². The van der Waals surface area contributed by atoms with Crippen molar-refractivity contribution in [1.29, 1.82) is 0 Å². The van der Waals surface area contributed by atoms with Crippen LogP contribution in [0, 0.1) is 6.92 Å². The van der Waals surface area contributed by atoms with Gasteiger partial charge in [-0.2, -0.15) is 5.10 Å². The Kier molecular flexibility index (Phi) is 4.25. The van der Waals surface area contributed by atoms with Crippen molar-refractivity contribution in [3.63, 3.8) is 0 Å². The van der Waals surface area contributed by atoms with Crippen molar-refractivity contribution >= 4 is 11.6 Å². The highest BCUT2D eigenvalue weighted by atomic mass is 35.5. The van der Waals surface area contributed by atoms with Gasteiger partial charge in [0.2, 0.25) is 0 Å². The van der Waals surface area contributed by atoms with E-state index in [-0.39, 0.29) is 6.61 Å². The molecular formula is C9H15ClN2O. The third kappa shape index (κ3) is 3.36. The Morgan fingerprint density at radius 1 is 1.46 bits per heavy atom. The molecule has 0 aliphatic rings. The fourth-order valence-corrected chi connectivity index (χ4v) is 1.32. The van der Waals surface area contributed by atoms with Gasteiger partial charge in [0.05, 0.1) is 10.7 Å². The molecule has 0 saturated carbocycles. The van der Waals surface area contributed by atoms with E-state index in [9.17, 15) is 0 Å². The summed E-state index contributed by atoms with van der Waals surface area (Å²) in [5, 5.41) is 13.5. The van der Waals surface area contributed by atoms with E-state index in [1.807, 2.05) is 17.8 Å². The maximum absolute atomic E-state index is 8.57. The van der Waals surface area contributed by atoms with Crippen molar-refractivity contribution in [3.05, 3.63) is 16.9 Å². The summed E-state index contributed by atoms with van der Waals surface area (Å²) < 4.78 is 1.86. The van der Waals surface area contributed by atoms with Gasteiger partial charge in [0.15, 0.2) is 0 Å². The van der Waals surface area contributed by atoms with Crippen LogP contribution in [0.25, 0.3) is 0 Å². The molecule has 4 heteroatoms. The molecule has 3 nitrogen and oxygen atoms in total. The van der Waals surface area contributed by atoms with Crippen molar-refractivity contribution in [2.75, 3.05) is 6.61 Å². The second-order valence-electron chi connectivity index (χ2n) is 3.11. The number of nitrogens with zero attached hydrogens (tertiary/aromatic N) is 2. The molecule has 13 heavy (non-hydrogen) atoms. The average molecular weight is 203 g/mol. The lowest BCUT2D eigenvalue weighted by Crippen LogP contribution is -1.99. The molecule has 74 valence electrons. The van der Waals surface area contributed by atoms with Gasteiger partial charge in [-0.15, -0.1) is 0 Å². The average Bonchev–Trinajstić information content (AvgIpc) is 2.41. The van der Waals surface area contributed by atoms with Gasteiger partial charge < -0.3 is 5.11 Å². The number of hydrogen-bond donors (Lipinski definition) is 1. The monoisotopic (exact) mass is 202 g/mol. The molecule has 0 atom stereocenters. The van der Waals surface area contributed by atoms with Crippen LogP contribution in [-0.2, 0) is 6.54 Å². The minimum Gasteiger partial charge on any atom is -0.396 e. The molecule has 0 aliphatic heterocycles. The Balaban J connectivity index is 2.29. The Bertz CT molecular complexity index is 241. The molecule has 0 aliphatic carbocycles. The first kappa shape index (κ1) is 10.5. The van der Waals surface area contributed by atoms with E-state index in [1.165, 1.54) is 0 Å². The highest BCUT2D eigenvalue weighted by Crippen LogP contribution is 2.12. The van der Waals surface area contributed by atoms with E-state index in [4.69, 9.17) is 16.7 Å². The second-order valence-corrected chi connectivity index (χ2v) is 3.52. The van der Waals surface area contributed by atoms with Gasteiger partial charge >= 0.3 is 0 Å². The number of aromatic nitrogens is 2. The normalized spacial score (nSPS) is 10.7. The molecular weight excluding hydrogens is 188 g/mol. The van der Waals surface area contributed by atoms with Crippen molar-refractivity contribution < 1.29 is 5.11 Å². The van der Waals surface area contributed by atoms with E-state index in [0.717, 1.165) is 36.5 Å². The van der Waals surface area contributed by atoms with E-state index >= 15 is 0 Å². The summed E-state index contributed by atoms with van der Waals surface area (Å²) in [6.07, 6.45) is 4.79. The van der Waals surface area contributed by atoms with Crippen LogP contribution in [0.2, 0.25) is 5.02 Å². The van der Waals surface area contributed by atoms with E-state index < -0.39 is 0 Å². The number of rotatable bonds is 5. The van der Waals surface area contributed by atoms with Crippen molar-refractivity contribution in [2.24, 2.45) is 0 Å². The highest BCUT2D eigenvalue weighted by molar-refractivity contribution is 6.31. The molecule has 0 fully saturated rings. The molecule has 1 aromatic rings. The Labute approximate surface area is 83.3 Å². The number of aliphatic hydroxyl groups excluding tert-OH is 1. The van der Waals surface area contributed by atoms with E-state index in [0.29, 0.717) is 0 Å². The zero-order valence-corrected chi connectivity index (χ0v) is 8.59. The Hall–Kier alpha value is -0.540. The standard InChI is InChI=1S/C9H15ClN2O/c1-8-9(10)7-12(11-8)5-3-2-4-6-13/h7,13H,2-6H2,1H3. The summed E-state index contributed by atoms with van der Waals surface area (Å²) in [5.41, 5.74) is 0.879. The van der Waals surface area contributed by atoms with Crippen LogP contribution in [0.15, 0.2) is 6.20 Å². The molecule has 0 bridgehead atoms. The number of hydrogen-bond acceptors (Lipinski definition) is 2. The third-order valence-corrected chi connectivity index (χ3v) is 2.30. The largest absolute Gasteiger partial charge is 0.396 e. The molecule has 0 saturated heterocycles. The lowest BCUT2D eigenvalue weighted by molar-refractivity contribution is 0.281. The van der Waals surface area contributed by atoms with Crippen molar-refractivity contribution in [1.82, 2.24) is 9.78 Å². The van der Waals surface area contributed by atoms with Crippen LogP contribution in [-0.4, -0.2) is 21.5 Å². The van der Waals surface area contributed by atoms with Crippen LogP contribution < -0.4 is 0 Å². The third-order valence-electron chi connectivity index (χ3n) is 1.93. The minimum absolute atomic E-state index is 0.277. The van der Waals surface area contributed by atoms with Crippen LogP contribution in [0.1, 0.15) is 25.0 Å². The molecule has 1 heterocycles. The lowest BCUT2D eigenvalue weighted by atomic mass is 10.2. The van der Waals surface area contributed by atoms with Gasteiger partial charge in [0.25, 0.3) is 0 Å². The predicted octanol–water partition coefficient (Wildman–Crippen LogP) is 2.01. The fraction of sp³-hybridized carbons (Fsp3) is 0.667. The molecule has 1 rings (SSSR count). The molecule has 0 aromatic carbocycles. The lowest BCUT2D eigenvalue weighted by Gasteiger charge is -1.99. The molecule has 1 aromatic heterocycles. The summed E-state index contributed by atoms with van der Waals surface area (Å²) in [7, 11) is 0. The molecule has 1 N–H and O–H groups in total. The van der Waals surface area contributed by atoms with E-state index in [1.54, 1.807) is 0 Å². The number of aliphatic hydroxyl groups is 1. The SMILES string of the molecule is Cc1nn(CCCCCO)cc1Cl. The van der Waals surface area contributed by atoms with Crippen LogP contribution in [0.4, 0.5) is 0 Å². The van der Waals surface area contributed by atoms with E-state index in [2.05, 4.69) is 5.10 Å². The minimum atomic E-state index is 0.277. The topological polar surface area (TPSA) is 38.0 Å². The first-order chi connectivity index (χ1) is 6.24. The first-order valence-corrected chi connectivity index (χ1v) is 4.92. The summed E-state index contributed by atoms with van der Waals surface area (Å²) in [6, 6.07) is 0. The van der Waals surface area contributed by atoms with Crippen LogP contribution >= 0.6 is 11.6 Å². The van der Waals surface area contributed by atoms with Gasteiger partial charge in [0, 0.05) is 19.3 Å².